The van der Waals surface area contributed by atoms with Gasteiger partial charge in [-0.25, -0.2) is 17.2 Å². The second-order valence-electron chi connectivity index (χ2n) is 6.11. The highest BCUT2D eigenvalue weighted by Gasteiger charge is 2.51. The molecule has 0 spiro atoms. The lowest BCUT2D eigenvalue weighted by Gasteiger charge is -2.32. The molecular formula is C15H17F2NO4S. The van der Waals surface area contributed by atoms with Crippen LogP contribution in [0, 0.1) is 17.6 Å². The number of halogens is 2. The van der Waals surface area contributed by atoms with E-state index in [4.69, 9.17) is 0 Å². The number of nitrogens with zero attached hydrogens (tertiary/aromatic N) is 1. The summed E-state index contributed by atoms with van der Waals surface area (Å²) in [7, 11) is -4.34. The van der Waals surface area contributed by atoms with E-state index in [-0.39, 0.29) is 12.3 Å². The van der Waals surface area contributed by atoms with Gasteiger partial charge in [-0.15, -0.1) is 0 Å². The van der Waals surface area contributed by atoms with Crippen LogP contribution in [-0.2, 0) is 14.8 Å². The fourth-order valence-electron chi connectivity index (χ4n) is 3.77. The zero-order valence-electron chi connectivity index (χ0n) is 12.3. The standard InChI is InChI=1S/C15H17F2NO4S/c16-10-5-6-14(11(17)8-10)23(21,22)18-12-4-2-1-3-9(12)7-13(18)15(19)20/h5-6,8-9,12-13H,1-4,7H2,(H,19,20). The van der Waals surface area contributed by atoms with Crippen molar-refractivity contribution in [1.82, 2.24) is 4.31 Å². The number of rotatable bonds is 3. The smallest absolute Gasteiger partial charge is 0.322 e. The summed E-state index contributed by atoms with van der Waals surface area (Å²) in [6, 6.07) is 0.587. The molecule has 1 N–H and O–H groups in total. The highest BCUT2D eigenvalue weighted by molar-refractivity contribution is 7.89. The largest absolute Gasteiger partial charge is 0.480 e. The molecule has 1 saturated carbocycles. The Morgan fingerprint density at radius 2 is 1.91 bits per heavy atom. The Bertz CT molecular complexity index is 737. The fraction of sp³-hybridized carbons (Fsp3) is 0.533. The highest BCUT2D eigenvalue weighted by Crippen LogP contribution is 2.43. The summed E-state index contributed by atoms with van der Waals surface area (Å²) in [6.45, 7) is 0. The van der Waals surface area contributed by atoms with Crippen LogP contribution in [-0.4, -0.2) is 35.9 Å². The molecule has 3 atom stereocenters. The lowest BCUT2D eigenvalue weighted by atomic mass is 9.85. The number of carboxylic acid groups (broad SMARTS) is 1. The van der Waals surface area contributed by atoms with Gasteiger partial charge in [-0.2, -0.15) is 4.31 Å². The van der Waals surface area contributed by atoms with Gasteiger partial charge in [-0.1, -0.05) is 12.8 Å². The van der Waals surface area contributed by atoms with E-state index in [0.717, 1.165) is 35.7 Å². The van der Waals surface area contributed by atoms with Crippen LogP contribution in [0.4, 0.5) is 8.78 Å². The van der Waals surface area contributed by atoms with Gasteiger partial charge < -0.3 is 5.11 Å². The van der Waals surface area contributed by atoms with Crippen molar-refractivity contribution in [2.24, 2.45) is 5.92 Å². The number of sulfonamides is 1. The van der Waals surface area contributed by atoms with Crippen molar-refractivity contribution in [3.8, 4) is 0 Å². The summed E-state index contributed by atoms with van der Waals surface area (Å²) < 4.78 is 53.6. The molecule has 5 nitrogen and oxygen atoms in total. The molecule has 0 aromatic heterocycles. The van der Waals surface area contributed by atoms with E-state index in [9.17, 15) is 27.1 Å². The first-order valence-corrected chi connectivity index (χ1v) is 8.98. The van der Waals surface area contributed by atoms with Crippen LogP contribution in [0.5, 0.6) is 0 Å². The summed E-state index contributed by atoms with van der Waals surface area (Å²) in [6.07, 6.45) is 3.32. The minimum absolute atomic E-state index is 0.0249. The zero-order valence-corrected chi connectivity index (χ0v) is 13.1. The van der Waals surface area contributed by atoms with Crippen molar-refractivity contribution in [2.75, 3.05) is 0 Å². The molecule has 126 valence electrons. The minimum atomic E-state index is -4.34. The van der Waals surface area contributed by atoms with Gasteiger partial charge in [0.2, 0.25) is 10.0 Å². The summed E-state index contributed by atoms with van der Waals surface area (Å²) in [5.41, 5.74) is 0. The lowest BCUT2D eigenvalue weighted by Crippen LogP contribution is -2.46. The molecule has 0 amide bonds. The number of carboxylic acids is 1. The Labute approximate surface area is 133 Å². The topological polar surface area (TPSA) is 74.7 Å². The van der Waals surface area contributed by atoms with Crippen molar-refractivity contribution < 1.29 is 27.1 Å². The van der Waals surface area contributed by atoms with Gasteiger partial charge in [0, 0.05) is 12.1 Å². The van der Waals surface area contributed by atoms with E-state index in [1.165, 1.54) is 0 Å². The third-order valence-electron chi connectivity index (χ3n) is 4.76. The number of aliphatic carboxylic acids is 1. The highest BCUT2D eigenvalue weighted by atomic mass is 32.2. The van der Waals surface area contributed by atoms with Gasteiger partial charge in [-0.3, -0.25) is 4.79 Å². The van der Waals surface area contributed by atoms with Crippen molar-refractivity contribution in [3.05, 3.63) is 29.8 Å². The van der Waals surface area contributed by atoms with Crippen molar-refractivity contribution in [1.29, 1.82) is 0 Å². The van der Waals surface area contributed by atoms with E-state index in [0.29, 0.717) is 12.5 Å². The average Bonchev–Trinajstić information content (AvgIpc) is 2.87. The molecule has 0 bridgehead atoms. The van der Waals surface area contributed by atoms with E-state index in [2.05, 4.69) is 0 Å². The molecule has 1 heterocycles. The number of hydrogen-bond acceptors (Lipinski definition) is 3. The fourth-order valence-corrected chi connectivity index (χ4v) is 5.69. The molecule has 0 radical (unpaired) electrons. The Kier molecular flexibility index (Phi) is 4.14. The van der Waals surface area contributed by atoms with Crippen LogP contribution in [0.2, 0.25) is 0 Å². The quantitative estimate of drug-likeness (QED) is 0.913. The molecule has 2 fully saturated rings. The van der Waals surface area contributed by atoms with Crippen LogP contribution in [0.25, 0.3) is 0 Å². The Hall–Kier alpha value is -1.54. The summed E-state index contributed by atoms with van der Waals surface area (Å²) in [5.74, 6) is -3.34. The Morgan fingerprint density at radius 1 is 1.22 bits per heavy atom. The molecule has 3 unspecified atom stereocenters. The van der Waals surface area contributed by atoms with Crippen LogP contribution >= 0.6 is 0 Å². The van der Waals surface area contributed by atoms with Crippen molar-refractivity contribution in [2.45, 2.75) is 49.1 Å². The second-order valence-corrected chi connectivity index (χ2v) is 7.92. The third-order valence-corrected chi connectivity index (χ3v) is 6.73. The van der Waals surface area contributed by atoms with Crippen LogP contribution < -0.4 is 0 Å². The predicted molar refractivity (Wildman–Crippen MR) is 77.2 cm³/mol. The number of benzene rings is 1. The van der Waals surface area contributed by atoms with Gasteiger partial charge in [0.15, 0.2) is 0 Å². The predicted octanol–water partition coefficient (Wildman–Crippen LogP) is 2.37. The van der Waals surface area contributed by atoms with E-state index < -0.39 is 44.6 Å². The average molecular weight is 345 g/mol. The number of fused-ring (bicyclic) bond motifs is 1. The molecule has 2 aliphatic rings. The molecule has 1 aliphatic carbocycles. The molecule has 1 aromatic carbocycles. The van der Waals surface area contributed by atoms with E-state index in [1.54, 1.807) is 0 Å². The Morgan fingerprint density at radius 3 is 2.57 bits per heavy atom. The maximum Gasteiger partial charge on any atom is 0.322 e. The minimum Gasteiger partial charge on any atom is -0.480 e. The molecule has 1 aromatic rings. The van der Waals surface area contributed by atoms with Crippen LogP contribution in [0.1, 0.15) is 32.1 Å². The van der Waals surface area contributed by atoms with Gasteiger partial charge >= 0.3 is 5.97 Å². The first-order chi connectivity index (χ1) is 10.8. The SMILES string of the molecule is O=C(O)C1CC2CCCCC2N1S(=O)(=O)c1ccc(F)cc1F. The van der Waals surface area contributed by atoms with Gasteiger partial charge in [0.1, 0.15) is 22.6 Å². The van der Waals surface area contributed by atoms with E-state index >= 15 is 0 Å². The van der Waals surface area contributed by atoms with Crippen molar-refractivity contribution >= 4 is 16.0 Å². The van der Waals surface area contributed by atoms with Gasteiger partial charge in [-0.05, 0) is 37.3 Å². The van der Waals surface area contributed by atoms with Crippen molar-refractivity contribution in [3.63, 3.8) is 0 Å². The molecule has 8 heteroatoms. The molecule has 1 saturated heterocycles. The second kappa shape index (κ2) is 5.83. The monoisotopic (exact) mass is 345 g/mol. The first kappa shape index (κ1) is 16.3. The lowest BCUT2D eigenvalue weighted by molar-refractivity contribution is -0.141. The van der Waals surface area contributed by atoms with Gasteiger partial charge in [0.25, 0.3) is 0 Å². The first-order valence-electron chi connectivity index (χ1n) is 7.54. The summed E-state index contributed by atoms with van der Waals surface area (Å²) in [5, 5.41) is 9.39. The molecular weight excluding hydrogens is 328 g/mol. The zero-order chi connectivity index (χ0) is 16.8. The molecule has 3 rings (SSSR count). The van der Waals surface area contributed by atoms with Gasteiger partial charge in [0.05, 0.1) is 0 Å². The third kappa shape index (κ3) is 2.74. The van der Waals surface area contributed by atoms with Crippen LogP contribution in [0.15, 0.2) is 23.1 Å². The summed E-state index contributed by atoms with van der Waals surface area (Å²) in [4.78, 5) is 10.8. The Balaban J connectivity index is 2.06. The van der Waals surface area contributed by atoms with E-state index in [1.807, 2.05) is 0 Å². The normalized spacial score (nSPS) is 28.5. The van der Waals surface area contributed by atoms with Crippen LogP contribution in [0.3, 0.4) is 0 Å². The maximum absolute atomic E-state index is 14.0. The molecule has 1 aliphatic heterocycles. The summed E-state index contributed by atoms with van der Waals surface area (Å²) >= 11 is 0. The molecule has 23 heavy (non-hydrogen) atoms. The maximum atomic E-state index is 14.0. The number of carbonyl (C=O) groups is 1. The number of hydrogen-bond donors (Lipinski definition) is 1.